The van der Waals surface area contributed by atoms with Crippen LogP contribution in [0.4, 0.5) is 5.69 Å². The summed E-state index contributed by atoms with van der Waals surface area (Å²) >= 11 is 0. The second-order valence-electron chi connectivity index (χ2n) is 5.21. The molecule has 0 heterocycles. The minimum atomic E-state index is -3.57. The lowest BCUT2D eigenvalue weighted by Gasteiger charge is -2.21. The molecule has 20 heavy (non-hydrogen) atoms. The molecule has 0 bridgehead atoms. The van der Waals surface area contributed by atoms with Crippen molar-refractivity contribution < 1.29 is 13.5 Å². The van der Waals surface area contributed by atoms with Crippen molar-refractivity contribution in [1.29, 1.82) is 0 Å². The monoisotopic (exact) mass is 298 g/mol. The molecule has 0 aliphatic heterocycles. The molecule has 6 heteroatoms. The van der Waals surface area contributed by atoms with Crippen LogP contribution >= 0.6 is 0 Å². The van der Waals surface area contributed by atoms with Crippen molar-refractivity contribution in [3.63, 3.8) is 0 Å². The summed E-state index contributed by atoms with van der Waals surface area (Å²) in [5.74, 6) is 0. The topological polar surface area (TPSA) is 78.4 Å². The normalized spacial score (nSPS) is 24.1. The molecule has 0 radical (unpaired) electrons. The van der Waals surface area contributed by atoms with E-state index in [0.29, 0.717) is 12.8 Å². The highest BCUT2D eigenvalue weighted by Gasteiger charge is 2.26. The molecule has 1 saturated carbocycles. The molecule has 5 nitrogen and oxygen atoms in total. The van der Waals surface area contributed by atoms with Crippen LogP contribution in [0.3, 0.4) is 0 Å². The van der Waals surface area contributed by atoms with Crippen LogP contribution in [0.2, 0.25) is 0 Å². The third kappa shape index (κ3) is 3.71. The van der Waals surface area contributed by atoms with Gasteiger partial charge in [-0.3, -0.25) is 0 Å². The fourth-order valence-corrected chi connectivity index (χ4v) is 3.80. The lowest BCUT2D eigenvalue weighted by Crippen LogP contribution is -2.42. The number of nitrogens with one attached hydrogen (secondary N) is 2. The Morgan fingerprint density at radius 3 is 2.40 bits per heavy atom. The quantitative estimate of drug-likeness (QED) is 0.739. The average molecular weight is 298 g/mol. The van der Waals surface area contributed by atoms with E-state index in [-0.39, 0.29) is 10.9 Å². The smallest absolute Gasteiger partial charge is 0.240 e. The molecule has 0 aromatic heterocycles. The summed E-state index contributed by atoms with van der Waals surface area (Å²) in [6, 6.07) is 6.19. The molecular weight excluding hydrogens is 276 g/mol. The van der Waals surface area contributed by atoms with Crippen LogP contribution in [0.15, 0.2) is 29.2 Å². The van der Waals surface area contributed by atoms with E-state index < -0.39 is 16.1 Å². The Kier molecular flexibility index (Phi) is 5.01. The summed E-state index contributed by atoms with van der Waals surface area (Å²) in [6.45, 7) is 0. The van der Waals surface area contributed by atoms with Crippen molar-refractivity contribution in [3.8, 4) is 0 Å². The van der Waals surface area contributed by atoms with E-state index in [9.17, 15) is 13.5 Å². The highest BCUT2D eigenvalue weighted by molar-refractivity contribution is 7.89. The van der Waals surface area contributed by atoms with E-state index >= 15 is 0 Å². The summed E-state index contributed by atoms with van der Waals surface area (Å²) in [5, 5.41) is 13.0. The maximum Gasteiger partial charge on any atom is 0.240 e. The third-order valence-corrected chi connectivity index (χ3v) is 5.25. The number of benzene rings is 1. The zero-order valence-corrected chi connectivity index (χ0v) is 12.5. The zero-order chi connectivity index (χ0) is 14.6. The lowest BCUT2D eigenvalue weighted by molar-refractivity contribution is 0.130. The summed E-state index contributed by atoms with van der Waals surface area (Å²) in [4.78, 5) is 0.230. The van der Waals surface area contributed by atoms with Crippen LogP contribution in [0.1, 0.15) is 32.1 Å². The Labute approximate surface area is 120 Å². The minimum absolute atomic E-state index is 0.230. The summed E-state index contributed by atoms with van der Waals surface area (Å²) in [5.41, 5.74) is 0.860. The van der Waals surface area contributed by atoms with Crippen LogP contribution in [0.5, 0.6) is 0 Å². The molecule has 1 aromatic rings. The molecule has 0 spiro atoms. The first-order valence-electron chi connectivity index (χ1n) is 7.01. The van der Waals surface area contributed by atoms with Crippen LogP contribution in [0, 0.1) is 0 Å². The fourth-order valence-electron chi connectivity index (χ4n) is 2.49. The third-order valence-electron chi connectivity index (χ3n) is 3.74. The van der Waals surface area contributed by atoms with E-state index in [1.165, 1.54) is 0 Å². The van der Waals surface area contributed by atoms with Crippen molar-refractivity contribution >= 4 is 15.7 Å². The van der Waals surface area contributed by atoms with Gasteiger partial charge in [-0.15, -0.1) is 0 Å². The molecule has 1 aliphatic rings. The number of sulfonamides is 1. The molecule has 1 aromatic carbocycles. The van der Waals surface area contributed by atoms with Crippen LogP contribution in [-0.2, 0) is 10.0 Å². The molecule has 3 N–H and O–H groups in total. The lowest BCUT2D eigenvalue weighted by atomic mass is 10.1. The predicted octanol–water partition coefficient (Wildman–Crippen LogP) is 1.70. The molecular formula is C14H22N2O3S. The molecule has 0 amide bonds. The first-order chi connectivity index (χ1) is 9.53. The molecule has 2 atom stereocenters. The maximum atomic E-state index is 12.3. The maximum absolute atomic E-state index is 12.3. The van der Waals surface area contributed by atoms with E-state index in [0.717, 1.165) is 24.9 Å². The van der Waals surface area contributed by atoms with Gasteiger partial charge >= 0.3 is 0 Å². The predicted molar refractivity (Wildman–Crippen MR) is 79.2 cm³/mol. The first-order valence-corrected chi connectivity index (χ1v) is 8.49. The first kappa shape index (κ1) is 15.3. The average Bonchev–Trinajstić information content (AvgIpc) is 2.64. The Morgan fingerprint density at radius 2 is 1.75 bits per heavy atom. The number of anilines is 1. The van der Waals surface area contributed by atoms with E-state index in [4.69, 9.17) is 0 Å². The molecule has 1 fully saturated rings. The minimum Gasteiger partial charge on any atom is -0.391 e. The van der Waals surface area contributed by atoms with Crippen molar-refractivity contribution in [2.75, 3.05) is 12.4 Å². The number of hydrogen-bond acceptors (Lipinski definition) is 4. The molecule has 0 saturated heterocycles. The van der Waals surface area contributed by atoms with E-state index in [1.54, 1.807) is 31.3 Å². The van der Waals surface area contributed by atoms with Gasteiger partial charge in [-0.2, -0.15) is 0 Å². The van der Waals surface area contributed by atoms with E-state index in [1.807, 2.05) is 0 Å². The number of aliphatic hydroxyl groups excluding tert-OH is 1. The van der Waals surface area contributed by atoms with Gasteiger partial charge in [-0.05, 0) is 37.1 Å². The van der Waals surface area contributed by atoms with Gasteiger partial charge in [0.2, 0.25) is 10.0 Å². The highest BCUT2D eigenvalue weighted by atomic mass is 32.2. The zero-order valence-electron chi connectivity index (χ0n) is 11.7. The second-order valence-corrected chi connectivity index (χ2v) is 6.92. The van der Waals surface area contributed by atoms with Gasteiger partial charge in [0.05, 0.1) is 11.0 Å². The van der Waals surface area contributed by atoms with Crippen molar-refractivity contribution in [2.45, 2.75) is 49.1 Å². The van der Waals surface area contributed by atoms with Crippen molar-refractivity contribution in [1.82, 2.24) is 4.72 Å². The Bertz CT molecular complexity index is 528. The standard InChI is InChI=1S/C14H22N2O3S/c1-15-11-7-9-12(10-8-11)20(18,19)16-13-5-3-2-4-6-14(13)17/h7-10,13-17H,2-6H2,1H3. The summed E-state index contributed by atoms with van der Waals surface area (Å²) in [6.07, 6.45) is 3.70. The van der Waals surface area contributed by atoms with Crippen LogP contribution < -0.4 is 10.0 Å². The molecule has 2 rings (SSSR count). The van der Waals surface area contributed by atoms with Gasteiger partial charge in [0, 0.05) is 18.8 Å². The van der Waals surface area contributed by atoms with Crippen LogP contribution in [0.25, 0.3) is 0 Å². The van der Waals surface area contributed by atoms with Crippen molar-refractivity contribution in [3.05, 3.63) is 24.3 Å². The highest BCUT2D eigenvalue weighted by Crippen LogP contribution is 2.21. The number of aliphatic hydroxyl groups is 1. The van der Waals surface area contributed by atoms with Gasteiger partial charge < -0.3 is 10.4 Å². The second kappa shape index (κ2) is 6.56. The SMILES string of the molecule is CNc1ccc(S(=O)(=O)NC2CCCCCC2O)cc1. The van der Waals surface area contributed by atoms with Gasteiger partial charge in [0.15, 0.2) is 0 Å². The molecule has 1 aliphatic carbocycles. The van der Waals surface area contributed by atoms with Gasteiger partial charge in [-0.25, -0.2) is 13.1 Å². The Balaban J connectivity index is 2.12. The summed E-state index contributed by atoms with van der Waals surface area (Å²) in [7, 11) is -1.79. The number of rotatable bonds is 4. The Morgan fingerprint density at radius 1 is 1.10 bits per heavy atom. The Hall–Kier alpha value is -1.11. The van der Waals surface area contributed by atoms with Crippen LogP contribution in [-0.4, -0.2) is 32.7 Å². The van der Waals surface area contributed by atoms with Crippen molar-refractivity contribution in [2.24, 2.45) is 0 Å². The molecule has 2 unspecified atom stereocenters. The molecule has 112 valence electrons. The summed E-state index contributed by atoms with van der Waals surface area (Å²) < 4.78 is 27.3. The fraction of sp³-hybridized carbons (Fsp3) is 0.571. The van der Waals surface area contributed by atoms with Gasteiger partial charge in [-0.1, -0.05) is 19.3 Å². The van der Waals surface area contributed by atoms with Gasteiger partial charge in [0.1, 0.15) is 0 Å². The van der Waals surface area contributed by atoms with E-state index in [2.05, 4.69) is 10.0 Å². The van der Waals surface area contributed by atoms with Gasteiger partial charge in [0.25, 0.3) is 0 Å². The number of hydrogen-bond donors (Lipinski definition) is 3. The largest absolute Gasteiger partial charge is 0.391 e.